The van der Waals surface area contributed by atoms with Crippen LogP contribution in [0.15, 0.2) is 48.7 Å². The van der Waals surface area contributed by atoms with Crippen LogP contribution in [-0.2, 0) is 24.5 Å². The number of amides is 2. The highest BCUT2D eigenvalue weighted by molar-refractivity contribution is 5.99. The van der Waals surface area contributed by atoms with Crippen LogP contribution in [0, 0.1) is 0 Å². The van der Waals surface area contributed by atoms with E-state index in [0.29, 0.717) is 57.9 Å². The number of hydrogen-bond acceptors (Lipinski definition) is 5. The first kappa shape index (κ1) is 29.6. The van der Waals surface area contributed by atoms with Crippen molar-refractivity contribution < 1.29 is 27.5 Å². The van der Waals surface area contributed by atoms with Crippen LogP contribution in [0.25, 0.3) is 16.5 Å². The second-order valence-electron chi connectivity index (χ2n) is 11.9. The molecule has 0 saturated carbocycles. The predicted molar refractivity (Wildman–Crippen MR) is 154 cm³/mol. The minimum Gasteiger partial charge on any atom is -0.444 e. The van der Waals surface area contributed by atoms with Gasteiger partial charge in [0.05, 0.1) is 23.0 Å². The summed E-state index contributed by atoms with van der Waals surface area (Å²) in [4.78, 5) is 36.2. The van der Waals surface area contributed by atoms with E-state index in [1.54, 1.807) is 11.1 Å². The molecular weight excluding hydrogens is 547 g/mol. The van der Waals surface area contributed by atoms with E-state index >= 15 is 0 Å². The maximum atomic E-state index is 13.5. The van der Waals surface area contributed by atoms with Gasteiger partial charge in [-0.15, -0.1) is 0 Å². The van der Waals surface area contributed by atoms with E-state index < -0.39 is 17.3 Å². The fourth-order valence-electron chi connectivity index (χ4n) is 5.34. The number of aromatic nitrogens is 2. The Morgan fingerprint density at radius 1 is 0.952 bits per heavy atom. The zero-order valence-corrected chi connectivity index (χ0v) is 24.4. The van der Waals surface area contributed by atoms with Crippen LogP contribution in [0.4, 0.5) is 18.0 Å². The normalized spacial score (nSPS) is 17.0. The van der Waals surface area contributed by atoms with Gasteiger partial charge in [0, 0.05) is 58.2 Å². The first-order valence-electron chi connectivity index (χ1n) is 14.1. The van der Waals surface area contributed by atoms with Crippen LogP contribution in [0.5, 0.6) is 0 Å². The third kappa shape index (κ3) is 6.61. The zero-order valence-electron chi connectivity index (χ0n) is 24.4. The third-order valence-electron chi connectivity index (χ3n) is 7.68. The van der Waals surface area contributed by atoms with Gasteiger partial charge in [-0.05, 0) is 62.6 Å². The van der Waals surface area contributed by atoms with Crippen molar-refractivity contribution in [2.45, 2.75) is 45.5 Å². The lowest BCUT2D eigenvalue weighted by Gasteiger charge is -2.34. The Morgan fingerprint density at radius 3 is 2.24 bits per heavy atom. The maximum absolute atomic E-state index is 13.5. The molecule has 2 aromatic heterocycles. The van der Waals surface area contributed by atoms with Gasteiger partial charge in [0.25, 0.3) is 5.91 Å². The molecule has 4 heterocycles. The van der Waals surface area contributed by atoms with Gasteiger partial charge in [-0.3, -0.25) is 14.7 Å². The molecule has 1 fully saturated rings. The van der Waals surface area contributed by atoms with Crippen LogP contribution in [0.3, 0.4) is 0 Å². The number of aryl methyl sites for hydroxylation is 1. The Morgan fingerprint density at radius 2 is 1.64 bits per heavy atom. The van der Waals surface area contributed by atoms with E-state index in [-0.39, 0.29) is 12.0 Å². The third-order valence-corrected chi connectivity index (χ3v) is 7.68. The molecule has 0 atom stereocenters. The molecule has 0 aliphatic carbocycles. The second kappa shape index (κ2) is 11.4. The van der Waals surface area contributed by atoms with Gasteiger partial charge in [0.1, 0.15) is 11.3 Å². The zero-order chi connectivity index (χ0) is 30.2. The van der Waals surface area contributed by atoms with Crippen molar-refractivity contribution in [1.29, 1.82) is 0 Å². The summed E-state index contributed by atoms with van der Waals surface area (Å²) in [6.45, 7) is 9.42. The van der Waals surface area contributed by atoms with Gasteiger partial charge in [-0.2, -0.15) is 13.2 Å². The summed E-state index contributed by atoms with van der Waals surface area (Å²) in [7, 11) is 1.86. The smallest absolute Gasteiger partial charge is 0.416 e. The van der Waals surface area contributed by atoms with Crippen LogP contribution in [0.2, 0.25) is 0 Å². The van der Waals surface area contributed by atoms with Crippen molar-refractivity contribution in [2.24, 2.45) is 7.05 Å². The van der Waals surface area contributed by atoms with E-state index in [0.717, 1.165) is 39.9 Å². The SMILES string of the molecule is Cn1c(C(=O)N2CCN(Cc3ccc(C(F)(F)F)cc3)CC2)cc2cc(C3=CCN(C(=O)OC(C)(C)C)CC3)ncc21. The number of hydrogen-bond donors (Lipinski definition) is 0. The van der Waals surface area contributed by atoms with Gasteiger partial charge in [0.15, 0.2) is 0 Å². The Balaban J connectivity index is 1.21. The average Bonchev–Trinajstić information content (AvgIpc) is 3.27. The van der Waals surface area contributed by atoms with Crippen molar-refractivity contribution >= 4 is 28.5 Å². The van der Waals surface area contributed by atoms with Crippen molar-refractivity contribution in [1.82, 2.24) is 24.3 Å². The largest absolute Gasteiger partial charge is 0.444 e. The number of halogens is 3. The summed E-state index contributed by atoms with van der Waals surface area (Å²) in [6, 6.07) is 9.13. The molecule has 8 nitrogen and oxygen atoms in total. The molecule has 1 aromatic carbocycles. The number of ether oxygens (including phenoxy) is 1. The summed E-state index contributed by atoms with van der Waals surface area (Å²) in [6.07, 6.45) is -0.228. The number of carbonyl (C=O) groups is 2. The molecule has 5 rings (SSSR count). The molecule has 0 N–H and O–H groups in total. The average molecular weight is 584 g/mol. The molecule has 0 radical (unpaired) electrons. The highest BCUT2D eigenvalue weighted by Crippen LogP contribution is 2.30. The molecular formula is C31H36F3N5O3. The van der Waals surface area contributed by atoms with E-state index in [2.05, 4.69) is 9.88 Å². The van der Waals surface area contributed by atoms with Gasteiger partial charge in [-0.25, -0.2) is 4.79 Å². The topological polar surface area (TPSA) is 70.9 Å². The monoisotopic (exact) mass is 583 g/mol. The molecule has 0 unspecified atom stereocenters. The van der Waals surface area contributed by atoms with Gasteiger partial charge in [0.2, 0.25) is 0 Å². The summed E-state index contributed by atoms with van der Waals surface area (Å²) in [5.74, 6) is -0.0608. The molecule has 1 saturated heterocycles. The Labute approximate surface area is 243 Å². The number of pyridine rings is 1. The number of benzene rings is 1. The maximum Gasteiger partial charge on any atom is 0.416 e. The summed E-state index contributed by atoms with van der Waals surface area (Å²) in [5, 5.41) is 0.919. The van der Waals surface area contributed by atoms with Crippen molar-refractivity contribution in [3.63, 3.8) is 0 Å². The first-order valence-corrected chi connectivity index (χ1v) is 14.1. The molecule has 11 heteroatoms. The van der Waals surface area contributed by atoms with Crippen molar-refractivity contribution in [2.75, 3.05) is 39.3 Å². The Bertz CT molecular complexity index is 1500. The van der Waals surface area contributed by atoms with Gasteiger partial charge in [-0.1, -0.05) is 18.2 Å². The quantitative estimate of drug-likeness (QED) is 0.402. The Hall–Kier alpha value is -3.86. The highest BCUT2D eigenvalue weighted by atomic mass is 19.4. The number of rotatable bonds is 4. The summed E-state index contributed by atoms with van der Waals surface area (Å²) < 4.78 is 45.9. The van der Waals surface area contributed by atoms with Crippen LogP contribution < -0.4 is 0 Å². The molecule has 3 aromatic rings. The minimum atomic E-state index is -4.35. The van der Waals surface area contributed by atoms with Crippen molar-refractivity contribution in [3.8, 4) is 0 Å². The number of fused-ring (bicyclic) bond motifs is 1. The Kier molecular flexibility index (Phi) is 8.06. The number of nitrogens with zero attached hydrogens (tertiary/aromatic N) is 5. The second-order valence-corrected chi connectivity index (χ2v) is 11.9. The molecule has 224 valence electrons. The predicted octanol–water partition coefficient (Wildman–Crippen LogP) is 5.57. The van der Waals surface area contributed by atoms with Crippen molar-refractivity contribution in [3.05, 3.63) is 71.2 Å². The lowest BCUT2D eigenvalue weighted by molar-refractivity contribution is -0.137. The lowest BCUT2D eigenvalue weighted by atomic mass is 10.0. The fraction of sp³-hybridized carbons (Fsp3) is 0.452. The number of alkyl halides is 3. The van der Waals surface area contributed by atoms with Gasteiger partial charge >= 0.3 is 12.3 Å². The van der Waals surface area contributed by atoms with E-state index in [1.165, 1.54) is 12.1 Å². The number of carbonyl (C=O) groups excluding carboxylic acids is 2. The van der Waals surface area contributed by atoms with Gasteiger partial charge < -0.3 is 19.1 Å². The molecule has 2 amide bonds. The first-order chi connectivity index (χ1) is 19.8. The molecule has 42 heavy (non-hydrogen) atoms. The van der Waals surface area contributed by atoms with E-state index in [4.69, 9.17) is 4.74 Å². The number of piperazine rings is 1. The van der Waals surface area contributed by atoms with E-state index in [9.17, 15) is 22.8 Å². The molecule has 2 aliphatic heterocycles. The summed E-state index contributed by atoms with van der Waals surface area (Å²) in [5.41, 5.74) is 2.93. The summed E-state index contributed by atoms with van der Waals surface area (Å²) >= 11 is 0. The standard InChI is InChI=1S/C31H36F3N5O3/c1-30(2,3)42-29(41)39-11-9-22(10-12-39)25-17-23-18-26(36(4)27(23)19-35-25)28(40)38-15-13-37(14-16-38)20-21-5-7-24(8-6-21)31(32,33)34/h5-9,17-19H,10-16,20H2,1-4H3. The lowest BCUT2D eigenvalue weighted by Crippen LogP contribution is -2.48. The van der Waals surface area contributed by atoms with E-state index in [1.807, 2.05) is 55.5 Å². The van der Waals surface area contributed by atoms with Crippen LogP contribution >= 0.6 is 0 Å². The molecule has 0 bridgehead atoms. The van der Waals surface area contributed by atoms with Crippen LogP contribution in [-0.4, -0.2) is 81.1 Å². The minimum absolute atomic E-state index is 0.0608. The highest BCUT2D eigenvalue weighted by Gasteiger charge is 2.30. The molecule has 0 spiro atoms. The molecule has 2 aliphatic rings. The fourth-order valence-corrected chi connectivity index (χ4v) is 5.34. The van der Waals surface area contributed by atoms with Crippen LogP contribution in [0.1, 0.15) is 54.5 Å².